The van der Waals surface area contributed by atoms with E-state index in [0.29, 0.717) is 18.7 Å². The van der Waals surface area contributed by atoms with Gasteiger partial charge in [0.1, 0.15) is 36.3 Å². The Morgan fingerprint density at radius 1 is 0.679 bits per heavy atom. The van der Waals surface area contributed by atoms with Crippen molar-refractivity contribution in [1.29, 1.82) is 5.41 Å². The molecule has 0 saturated carbocycles. The second-order valence-electron chi connectivity index (χ2n) is 12.4. The highest BCUT2D eigenvalue weighted by Gasteiger charge is 2.33. The minimum Gasteiger partial charge on any atom is -0.480 e. The van der Waals surface area contributed by atoms with Crippen molar-refractivity contribution < 1.29 is 53.7 Å². The van der Waals surface area contributed by atoms with Gasteiger partial charge >= 0.3 is 5.97 Å². The summed E-state index contributed by atoms with van der Waals surface area (Å²) < 4.78 is 0. The summed E-state index contributed by atoms with van der Waals surface area (Å²) in [5.41, 5.74) is 16.5. The number of hydrogen-bond acceptors (Lipinski definition) is 13. The Hall–Kier alpha value is -4.74. The normalized spacial score (nSPS) is 14.9. The zero-order valence-corrected chi connectivity index (χ0v) is 31.0. The fraction of sp³-hybridized carbons (Fsp3) is 0.700. The molecule has 0 unspecified atom stereocenters. The highest BCUT2D eigenvalue weighted by Crippen LogP contribution is 2.08. The summed E-state index contributed by atoms with van der Waals surface area (Å²) in [5, 5.41) is 51.8. The van der Waals surface area contributed by atoms with Crippen LogP contribution in [0, 0.1) is 11.3 Å². The van der Waals surface area contributed by atoms with Gasteiger partial charge in [0.15, 0.2) is 5.96 Å². The van der Waals surface area contributed by atoms with E-state index in [-0.39, 0.29) is 31.1 Å². The fourth-order valence-electron chi connectivity index (χ4n) is 4.45. The van der Waals surface area contributed by atoms with Crippen LogP contribution in [0.4, 0.5) is 0 Å². The number of aliphatic hydroxyl groups is 2. The van der Waals surface area contributed by atoms with Gasteiger partial charge in [0, 0.05) is 6.54 Å². The number of carboxylic acids is 1. The van der Waals surface area contributed by atoms with Gasteiger partial charge in [0.2, 0.25) is 41.4 Å². The average molecular weight is 778 g/mol. The number of carboxylic acid groups (broad SMARTS) is 1. The van der Waals surface area contributed by atoms with Crippen LogP contribution >= 0.6 is 11.8 Å². The minimum absolute atomic E-state index is 0.00891. The molecule has 17 N–H and O–H groups in total. The topological polar surface area (TPSA) is 383 Å². The largest absolute Gasteiger partial charge is 0.480 e. The summed E-state index contributed by atoms with van der Waals surface area (Å²) >= 11 is 1.37. The van der Waals surface area contributed by atoms with E-state index < -0.39 is 109 Å². The van der Waals surface area contributed by atoms with Crippen LogP contribution in [0.5, 0.6) is 0 Å². The van der Waals surface area contributed by atoms with Crippen LogP contribution in [0.3, 0.4) is 0 Å². The van der Waals surface area contributed by atoms with Crippen LogP contribution in [0.25, 0.3) is 0 Å². The Bertz CT molecular complexity index is 1290. The lowest BCUT2D eigenvalue weighted by atomic mass is 10.0. The second-order valence-corrected chi connectivity index (χ2v) is 13.4. The van der Waals surface area contributed by atoms with Crippen LogP contribution in [0.2, 0.25) is 0 Å². The number of rotatable bonds is 26. The summed E-state index contributed by atoms with van der Waals surface area (Å²) in [7, 11) is 0. The van der Waals surface area contributed by atoms with E-state index in [1.165, 1.54) is 18.7 Å². The SMILES string of the molecule is CSCC[C@H](NC(=O)[C@@H](N)CCCNC(=N)N)C(=O)N[C@@H](CO)C(=O)N[C@@H](CC(N)=O)C(=O)N[C@@H](CC(C)C)C(=O)N[C@@H](C)C(=O)N[C@@H](CO)C(=O)O. The van der Waals surface area contributed by atoms with Gasteiger partial charge in [-0.2, -0.15) is 11.8 Å². The average Bonchev–Trinajstić information content (AvgIpc) is 3.07. The molecule has 0 fully saturated rings. The maximum absolute atomic E-state index is 13.3. The standard InChI is InChI=1S/C30H55N11O11S/c1-14(2)10-18(26(48)36-15(3)23(45)41-21(13-43)29(51)52)38-27(49)19(11-22(32)44)39-28(50)20(12-42)40-25(47)17(7-9-53-4)37-24(46)16(31)6-5-8-35-30(33)34/h14-21,42-43H,5-13,31H2,1-4H3,(H2,32,44)(H,36,48)(H,37,46)(H,38,49)(H,39,50)(H,40,47)(H,41,45)(H,51,52)(H4,33,34,35)/t15-,16-,17-,18-,19-,20-,21-/m0/s1. The van der Waals surface area contributed by atoms with E-state index in [2.05, 4.69) is 31.9 Å². The van der Waals surface area contributed by atoms with Crippen LogP contribution in [0.1, 0.15) is 52.9 Å². The van der Waals surface area contributed by atoms with Crippen molar-refractivity contribution in [3.05, 3.63) is 0 Å². The number of aliphatic hydroxyl groups excluding tert-OH is 2. The van der Waals surface area contributed by atoms with Crippen LogP contribution in [0.15, 0.2) is 0 Å². The maximum Gasteiger partial charge on any atom is 0.328 e. The molecule has 53 heavy (non-hydrogen) atoms. The molecule has 23 heteroatoms. The van der Waals surface area contributed by atoms with Crippen molar-refractivity contribution in [3.63, 3.8) is 0 Å². The molecule has 0 saturated heterocycles. The number of carbonyl (C=O) groups is 8. The molecule has 0 spiro atoms. The van der Waals surface area contributed by atoms with E-state index in [0.717, 1.165) is 0 Å². The molecule has 0 rings (SSSR count). The van der Waals surface area contributed by atoms with E-state index in [9.17, 15) is 43.5 Å². The van der Waals surface area contributed by atoms with Gasteiger partial charge in [0.05, 0.1) is 25.7 Å². The van der Waals surface area contributed by atoms with Gasteiger partial charge in [0.25, 0.3) is 0 Å². The monoisotopic (exact) mass is 777 g/mol. The predicted molar refractivity (Wildman–Crippen MR) is 192 cm³/mol. The third kappa shape index (κ3) is 19.6. The van der Waals surface area contributed by atoms with E-state index >= 15 is 0 Å². The van der Waals surface area contributed by atoms with Gasteiger partial charge < -0.3 is 69.7 Å². The molecule has 0 bridgehead atoms. The molecule has 0 aliphatic carbocycles. The molecule has 302 valence electrons. The number of primary amides is 1. The number of carbonyl (C=O) groups excluding carboxylic acids is 7. The lowest BCUT2D eigenvalue weighted by molar-refractivity contribution is -0.143. The summed E-state index contributed by atoms with van der Waals surface area (Å²) in [6, 6.07) is -9.84. The number of amides is 7. The first-order valence-corrected chi connectivity index (χ1v) is 18.0. The lowest BCUT2D eigenvalue weighted by Crippen LogP contribution is -2.60. The molecule has 0 aliphatic rings. The quantitative estimate of drug-likeness (QED) is 0.0221. The van der Waals surface area contributed by atoms with Gasteiger partial charge in [-0.3, -0.25) is 39.0 Å². The van der Waals surface area contributed by atoms with Crippen LogP contribution < -0.4 is 54.4 Å². The number of hydrogen-bond donors (Lipinski definition) is 14. The summed E-state index contributed by atoms with van der Waals surface area (Å²) in [4.78, 5) is 101. The number of guanidine groups is 1. The number of aliphatic carboxylic acids is 1. The van der Waals surface area contributed by atoms with Crippen LogP contribution in [-0.4, -0.2) is 143 Å². The third-order valence-electron chi connectivity index (χ3n) is 7.33. The lowest BCUT2D eigenvalue weighted by Gasteiger charge is -2.27. The van der Waals surface area contributed by atoms with Crippen molar-refractivity contribution in [2.75, 3.05) is 31.8 Å². The molecule has 0 aliphatic heterocycles. The molecular weight excluding hydrogens is 722 g/mol. The Labute approximate surface area is 311 Å². The minimum atomic E-state index is -1.70. The zero-order valence-electron chi connectivity index (χ0n) is 30.2. The molecule has 0 aromatic rings. The van der Waals surface area contributed by atoms with E-state index in [1.807, 2.05) is 5.32 Å². The first-order chi connectivity index (χ1) is 24.8. The van der Waals surface area contributed by atoms with E-state index in [1.54, 1.807) is 20.1 Å². The predicted octanol–water partition coefficient (Wildman–Crippen LogP) is -5.75. The smallest absolute Gasteiger partial charge is 0.328 e. The fourth-order valence-corrected chi connectivity index (χ4v) is 4.92. The Morgan fingerprint density at radius 2 is 1.17 bits per heavy atom. The molecule has 7 atom stereocenters. The molecule has 22 nitrogen and oxygen atoms in total. The Kier molecular flexibility index (Phi) is 23.0. The van der Waals surface area contributed by atoms with E-state index in [4.69, 9.17) is 32.8 Å². The maximum atomic E-state index is 13.3. The van der Waals surface area contributed by atoms with Crippen LogP contribution in [-0.2, 0) is 38.4 Å². The van der Waals surface area contributed by atoms with Crippen molar-refractivity contribution in [2.45, 2.75) is 95.2 Å². The third-order valence-corrected chi connectivity index (χ3v) is 7.97. The van der Waals surface area contributed by atoms with Gasteiger partial charge in [-0.1, -0.05) is 13.8 Å². The Morgan fingerprint density at radius 3 is 1.68 bits per heavy atom. The summed E-state index contributed by atoms with van der Waals surface area (Å²) in [5.74, 6) is -8.09. The first-order valence-electron chi connectivity index (χ1n) is 16.6. The number of nitrogens with two attached hydrogens (primary N) is 3. The second kappa shape index (κ2) is 25.3. The molecular formula is C30H55N11O11S. The van der Waals surface area contributed by atoms with Crippen molar-refractivity contribution in [2.24, 2.45) is 23.1 Å². The zero-order chi connectivity index (χ0) is 40.8. The molecule has 0 aromatic heterocycles. The molecule has 0 aromatic carbocycles. The van der Waals surface area contributed by atoms with Crippen molar-refractivity contribution >= 4 is 65.0 Å². The molecule has 0 heterocycles. The molecule has 0 radical (unpaired) electrons. The van der Waals surface area contributed by atoms with Gasteiger partial charge in [-0.25, -0.2) is 4.79 Å². The number of nitrogens with one attached hydrogen (secondary N) is 8. The highest BCUT2D eigenvalue weighted by atomic mass is 32.2. The number of thioether (sulfide) groups is 1. The van der Waals surface area contributed by atoms with Crippen molar-refractivity contribution in [3.8, 4) is 0 Å². The molecule has 7 amide bonds. The summed E-state index contributed by atoms with van der Waals surface area (Å²) in [6.07, 6.45) is 1.71. The first kappa shape index (κ1) is 48.3. The Balaban J connectivity index is 5.81. The van der Waals surface area contributed by atoms with Gasteiger partial charge in [-0.15, -0.1) is 0 Å². The van der Waals surface area contributed by atoms with Crippen molar-refractivity contribution in [1.82, 2.24) is 37.2 Å². The van der Waals surface area contributed by atoms with Gasteiger partial charge in [-0.05, 0) is 50.5 Å². The summed E-state index contributed by atoms with van der Waals surface area (Å²) in [6.45, 7) is 3.09. The highest BCUT2D eigenvalue weighted by molar-refractivity contribution is 7.98.